The molecule has 0 atom stereocenters. The number of aromatic nitrogens is 2. The number of rotatable bonds is 4. The van der Waals surface area contributed by atoms with Crippen molar-refractivity contribution in [1.29, 1.82) is 0 Å². The molecular weight excluding hydrogens is 258 g/mol. The summed E-state index contributed by atoms with van der Waals surface area (Å²) in [6.45, 7) is 5.88. The number of nitro benzene ring substituents is 1. The average molecular weight is 273 g/mol. The molecule has 0 N–H and O–H groups in total. The van der Waals surface area contributed by atoms with Crippen LogP contribution >= 0.6 is 0 Å². The second kappa shape index (κ2) is 5.24. The summed E-state index contributed by atoms with van der Waals surface area (Å²) in [4.78, 5) is 21.4. The highest BCUT2D eigenvalue weighted by atomic mass is 16.6. The summed E-state index contributed by atoms with van der Waals surface area (Å²) in [6, 6.07) is 4.20. The predicted octanol–water partition coefficient (Wildman–Crippen LogP) is 2.77. The Morgan fingerprint density at radius 1 is 1.40 bits per heavy atom. The highest BCUT2D eigenvalue weighted by molar-refractivity contribution is 5.82. The van der Waals surface area contributed by atoms with Gasteiger partial charge in [0.15, 0.2) is 6.29 Å². The summed E-state index contributed by atoms with van der Waals surface area (Å²) in [5, 5.41) is 15.2. The van der Waals surface area contributed by atoms with Crippen molar-refractivity contribution in [3.05, 3.63) is 50.8 Å². The van der Waals surface area contributed by atoms with Gasteiger partial charge in [0.1, 0.15) is 0 Å². The Kier molecular flexibility index (Phi) is 3.65. The number of benzene rings is 1. The zero-order chi connectivity index (χ0) is 14.9. The molecule has 6 nitrogen and oxygen atoms in total. The van der Waals surface area contributed by atoms with Crippen LogP contribution in [0.1, 0.15) is 34.2 Å². The number of hydrogen-bond acceptors (Lipinski definition) is 4. The fraction of sp³-hybridized carbons (Fsp3) is 0.286. The van der Waals surface area contributed by atoms with Gasteiger partial charge >= 0.3 is 0 Å². The third kappa shape index (κ3) is 2.20. The van der Waals surface area contributed by atoms with E-state index in [1.54, 1.807) is 10.7 Å². The van der Waals surface area contributed by atoms with Gasteiger partial charge in [-0.15, -0.1) is 0 Å². The van der Waals surface area contributed by atoms with Crippen molar-refractivity contribution in [2.75, 3.05) is 0 Å². The molecular formula is C14H15N3O3. The van der Waals surface area contributed by atoms with Gasteiger partial charge in [0.25, 0.3) is 5.69 Å². The summed E-state index contributed by atoms with van der Waals surface area (Å²) in [7, 11) is 0. The minimum absolute atomic E-state index is 0.104. The van der Waals surface area contributed by atoms with Crippen molar-refractivity contribution in [1.82, 2.24) is 9.78 Å². The molecule has 0 spiro atoms. The summed E-state index contributed by atoms with van der Waals surface area (Å²) in [6.07, 6.45) is 1.46. The summed E-state index contributed by atoms with van der Waals surface area (Å²) < 4.78 is 1.67. The molecule has 0 amide bonds. The summed E-state index contributed by atoms with van der Waals surface area (Å²) >= 11 is 0. The Morgan fingerprint density at radius 3 is 2.60 bits per heavy atom. The maximum Gasteiger partial charge on any atom is 0.270 e. The van der Waals surface area contributed by atoms with Crippen LogP contribution in [0.5, 0.6) is 0 Å². The van der Waals surface area contributed by atoms with Crippen LogP contribution in [0.3, 0.4) is 0 Å². The first kappa shape index (κ1) is 13.9. The molecule has 0 bridgehead atoms. The smallest absolute Gasteiger partial charge is 0.270 e. The molecule has 0 saturated carbocycles. The van der Waals surface area contributed by atoms with Gasteiger partial charge < -0.3 is 0 Å². The summed E-state index contributed by atoms with van der Waals surface area (Å²) in [5.74, 6) is 0. The van der Waals surface area contributed by atoms with E-state index in [4.69, 9.17) is 0 Å². The second-order valence-electron chi connectivity index (χ2n) is 4.53. The maximum absolute atomic E-state index is 11.2. The van der Waals surface area contributed by atoms with Crippen molar-refractivity contribution in [3.8, 4) is 5.69 Å². The number of aryl methyl sites for hydroxylation is 1. The Morgan fingerprint density at radius 2 is 2.10 bits per heavy atom. The molecule has 0 fully saturated rings. The van der Waals surface area contributed by atoms with E-state index in [0.717, 1.165) is 23.4 Å². The van der Waals surface area contributed by atoms with E-state index < -0.39 is 4.92 Å². The lowest BCUT2D eigenvalue weighted by Crippen LogP contribution is -2.04. The van der Waals surface area contributed by atoms with Gasteiger partial charge in [0, 0.05) is 23.4 Å². The minimum Gasteiger partial charge on any atom is -0.298 e. The first-order valence-electron chi connectivity index (χ1n) is 6.28. The quantitative estimate of drug-likeness (QED) is 0.487. The second-order valence-corrected chi connectivity index (χ2v) is 4.53. The normalized spacial score (nSPS) is 10.6. The number of nitrogens with zero attached hydrogens (tertiary/aromatic N) is 3. The Hall–Kier alpha value is -2.50. The van der Waals surface area contributed by atoms with Crippen molar-refractivity contribution >= 4 is 12.0 Å². The zero-order valence-electron chi connectivity index (χ0n) is 11.6. The number of carbonyl (C=O) groups excluding carboxylic acids is 1. The highest BCUT2D eigenvalue weighted by Crippen LogP contribution is 2.23. The minimum atomic E-state index is -0.518. The maximum atomic E-state index is 11.2. The van der Waals surface area contributed by atoms with Gasteiger partial charge in [0.2, 0.25) is 0 Å². The topological polar surface area (TPSA) is 78.0 Å². The first-order chi connectivity index (χ1) is 9.49. The third-order valence-corrected chi connectivity index (χ3v) is 3.37. The SMILES string of the molecule is CCc1c(C)nn(-c2ccc([N+](=O)[O-])cc2C=O)c1C. The Bertz CT molecular complexity index is 689. The molecule has 0 unspecified atom stereocenters. The van der Waals surface area contributed by atoms with E-state index in [0.29, 0.717) is 12.0 Å². The molecule has 20 heavy (non-hydrogen) atoms. The number of hydrogen-bond donors (Lipinski definition) is 0. The number of aldehydes is 1. The van der Waals surface area contributed by atoms with Crippen LogP contribution in [0, 0.1) is 24.0 Å². The van der Waals surface area contributed by atoms with Crippen molar-refractivity contribution in [2.24, 2.45) is 0 Å². The van der Waals surface area contributed by atoms with Gasteiger partial charge in [-0.25, -0.2) is 4.68 Å². The highest BCUT2D eigenvalue weighted by Gasteiger charge is 2.16. The molecule has 6 heteroatoms. The molecule has 2 rings (SSSR count). The monoisotopic (exact) mass is 273 g/mol. The molecule has 1 aromatic carbocycles. The Labute approximate surface area is 116 Å². The van der Waals surface area contributed by atoms with E-state index in [9.17, 15) is 14.9 Å². The number of nitro groups is 1. The van der Waals surface area contributed by atoms with E-state index in [1.807, 2.05) is 20.8 Å². The third-order valence-electron chi connectivity index (χ3n) is 3.37. The molecule has 0 aliphatic carbocycles. The van der Waals surface area contributed by atoms with Crippen molar-refractivity contribution in [3.63, 3.8) is 0 Å². The molecule has 1 aromatic heterocycles. The molecule has 1 heterocycles. The van der Waals surface area contributed by atoms with E-state index in [-0.39, 0.29) is 11.3 Å². The molecule has 0 radical (unpaired) electrons. The lowest BCUT2D eigenvalue weighted by atomic mass is 10.1. The van der Waals surface area contributed by atoms with E-state index in [1.165, 1.54) is 12.1 Å². The molecule has 0 aliphatic heterocycles. The molecule has 104 valence electrons. The lowest BCUT2D eigenvalue weighted by Gasteiger charge is -2.07. The lowest BCUT2D eigenvalue weighted by molar-refractivity contribution is -0.384. The fourth-order valence-corrected chi connectivity index (χ4v) is 2.36. The summed E-state index contributed by atoms with van der Waals surface area (Å²) in [5.41, 5.74) is 3.69. The van der Waals surface area contributed by atoms with Crippen LogP contribution in [0.2, 0.25) is 0 Å². The fourth-order valence-electron chi connectivity index (χ4n) is 2.36. The Balaban J connectivity index is 2.64. The van der Waals surface area contributed by atoms with Crippen LogP contribution in [-0.2, 0) is 6.42 Å². The number of carbonyl (C=O) groups is 1. The van der Waals surface area contributed by atoms with Crippen molar-refractivity contribution in [2.45, 2.75) is 27.2 Å². The van der Waals surface area contributed by atoms with Gasteiger partial charge in [-0.1, -0.05) is 6.92 Å². The predicted molar refractivity (Wildman–Crippen MR) is 74.5 cm³/mol. The molecule has 0 saturated heterocycles. The average Bonchev–Trinajstić information content (AvgIpc) is 2.72. The molecule has 0 aliphatic rings. The first-order valence-corrected chi connectivity index (χ1v) is 6.28. The van der Waals surface area contributed by atoms with Crippen LogP contribution in [0.25, 0.3) is 5.69 Å². The van der Waals surface area contributed by atoms with Crippen LogP contribution in [-0.4, -0.2) is 21.0 Å². The largest absolute Gasteiger partial charge is 0.298 e. The standard InChI is InChI=1S/C14H15N3O3/c1-4-13-9(2)15-16(10(13)3)14-6-5-12(17(19)20)7-11(14)8-18/h5-8H,4H2,1-3H3. The molecule has 2 aromatic rings. The van der Waals surface area contributed by atoms with E-state index >= 15 is 0 Å². The van der Waals surface area contributed by atoms with Gasteiger partial charge in [-0.05, 0) is 31.9 Å². The van der Waals surface area contributed by atoms with Gasteiger partial charge in [0.05, 0.1) is 16.3 Å². The van der Waals surface area contributed by atoms with E-state index in [2.05, 4.69) is 5.10 Å². The van der Waals surface area contributed by atoms with Crippen LogP contribution in [0.4, 0.5) is 5.69 Å². The van der Waals surface area contributed by atoms with Gasteiger partial charge in [-0.3, -0.25) is 14.9 Å². The van der Waals surface area contributed by atoms with Crippen LogP contribution < -0.4 is 0 Å². The zero-order valence-corrected chi connectivity index (χ0v) is 11.6. The van der Waals surface area contributed by atoms with Crippen LogP contribution in [0.15, 0.2) is 18.2 Å². The number of non-ortho nitro benzene ring substituents is 1. The van der Waals surface area contributed by atoms with Gasteiger partial charge in [-0.2, -0.15) is 5.10 Å². The van der Waals surface area contributed by atoms with Crippen molar-refractivity contribution < 1.29 is 9.72 Å².